The van der Waals surface area contributed by atoms with E-state index in [1.807, 2.05) is 0 Å². The highest BCUT2D eigenvalue weighted by Crippen LogP contribution is 2.21. The molecule has 1 heterocycles. The van der Waals surface area contributed by atoms with Gasteiger partial charge in [-0.3, -0.25) is 4.79 Å². The van der Waals surface area contributed by atoms with Crippen LogP contribution in [0.5, 0.6) is 5.06 Å². The molecule has 1 aromatic heterocycles. The predicted molar refractivity (Wildman–Crippen MR) is 42.0 cm³/mol. The number of ether oxygens (including phenoxy) is 1. The van der Waals surface area contributed by atoms with E-state index in [2.05, 4.69) is 0 Å². The smallest absolute Gasteiger partial charge is 0.306 e. The van der Waals surface area contributed by atoms with Gasteiger partial charge in [0.25, 0.3) is 0 Å². The molecule has 0 saturated heterocycles. The summed E-state index contributed by atoms with van der Waals surface area (Å²) in [5.41, 5.74) is 0. The summed E-state index contributed by atoms with van der Waals surface area (Å²) in [7, 11) is 0. The van der Waals surface area contributed by atoms with Crippen molar-refractivity contribution in [1.82, 2.24) is 0 Å². The van der Waals surface area contributed by atoms with E-state index in [1.54, 1.807) is 0 Å². The Kier molecular flexibility index (Phi) is 3.04. The number of hydrogen-bond donors (Lipinski definition) is 1. The molecule has 0 amide bonds. The van der Waals surface area contributed by atoms with Crippen molar-refractivity contribution >= 4 is 17.3 Å². The average molecular weight is 190 g/mol. The molecule has 0 bridgehead atoms. The maximum Gasteiger partial charge on any atom is 0.306 e. The third-order valence-corrected chi connectivity index (χ3v) is 1.91. The van der Waals surface area contributed by atoms with Gasteiger partial charge in [0, 0.05) is 11.4 Å². The highest BCUT2D eigenvalue weighted by molar-refractivity contribution is 7.11. The molecule has 3 nitrogen and oxygen atoms in total. The van der Waals surface area contributed by atoms with Crippen LogP contribution in [0.15, 0.2) is 11.4 Å². The Morgan fingerprint density at radius 1 is 1.75 bits per heavy atom. The van der Waals surface area contributed by atoms with Crippen molar-refractivity contribution in [3.8, 4) is 5.06 Å². The van der Waals surface area contributed by atoms with E-state index >= 15 is 0 Å². The summed E-state index contributed by atoms with van der Waals surface area (Å²) in [6.07, 6.45) is -0.0699. The molecule has 5 heteroatoms. The standard InChI is InChI=1S/C7H7FO3S/c8-5-3-7(12-4-5)11-2-1-6(9)10/h3-4H,1-2H2,(H,9,10). The summed E-state index contributed by atoms with van der Waals surface area (Å²) in [5.74, 6) is -1.28. The average Bonchev–Trinajstić information content (AvgIpc) is 2.35. The lowest BCUT2D eigenvalue weighted by Gasteiger charge is -1.98. The second-order valence-corrected chi connectivity index (χ2v) is 2.95. The Morgan fingerprint density at radius 3 is 3.00 bits per heavy atom. The number of aliphatic carboxylic acids is 1. The molecule has 0 aliphatic rings. The van der Waals surface area contributed by atoms with E-state index in [9.17, 15) is 9.18 Å². The molecule has 0 aromatic carbocycles. The molecule has 0 radical (unpaired) electrons. The van der Waals surface area contributed by atoms with Gasteiger partial charge in [-0.05, 0) is 0 Å². The molecule has 12 heavy (non-hydrogen) atoms. The molecule has 0 saturated carbocycles. The van der Waals surface area contributed by atoms with Crippen molar-refractivity contribution in [2.45, 2.75) is 6.42 Å². The van der Waals surface area contributed by atoms with E-state index in [4.69, 9.17) is 9.84 Å². The topological polar surface area (TPSA) is 46.5 Å². The molecule has 0 aliphatic carbocycles. The van der Waals surface area contributed by atoms with Crippen LogP contribution in [0.4, 0.5) is 4.39 Å². The van der Waals surface area contributed by atoms with Crippen LogP contribution < -0.4 is 4.74 Å². The Morgan fingerprint density at radius 2 is 2.50 bits per heavy atom. The third-order valence-electron chi connectivity index (χ3n) is 1.10. The van der Waals surface area contributed by atoms with Gasteiger partial charge in [0.15, 0.2) is 5.06 Å². The molecule has 0 fully saturated rings. The quantitative estimate of drug-likeness (QED) is 0.786. The minimum Gasteiger partial charge on any atom is -0.483 e. The van der Waals surface area contributed by atoms with Gasteiger partial charge < -0.3 is 9.84 Å². The highest BCUT2D eigenvalue weighted by Gasteiger charge is 2.01. The molecule has 0 aliphatic heterocycles. The number of hydrogen-bond acceptors (Lipinski definition) is 3. The first kappa shape index (κ1) is 8.99. The molecule has 1 N–H and O–H groups in total. The second kappa shape index (κ2) is 4.06. The number of halogens is 1. The zero-order valence-corrected chi connectivity index (χ0v) is 6.94. The van der Waals surface area contributed by atoms with Crippen molar-refractivity contribution < 1.29 is 19.0 Å². The minimum absolute atomic E-state index is 0.0699. The minimum atomic E-state index is -0.924. The summed E-state index contributed by atoms with van der Waals surface area (Å²) < 4.78 is 17.3. The summed E-state index contributed by atoms with van der Waals surface area (Å²) in [6.45, 7) is 0.0787. The fraction of sp³-hybridized carbons (Fsp3) is 0.286. The zero-order valence-electron chi connectivity index (χ0n) is 6.12. The molecule has 1 aromatic rings. The Balaban J connectivity index is 2.29. The van der Waals surface area contributed by atoms with E-state index in [0.29, 0.717) is 5.06 Å². The molecule has 0 atom stereocenters. The van der Waals surface area contributed by atoms with Gasteiger partial charge >= 0.3 is 5.97 Å². The Bertz CT molecular complexity index is 271. The number of carboxylic acids is 1. The zero-order chi connectivity index (χ0) is 8.97. The monoisotopic (exact) mass is 190 g/mol. The lowest BCUT2D eigenvalue weighted by molar-refractivity contribution is -0.137. The number of thiophene rings is 1. The normalized spacial score (nSPS) is 9.75. The Labute approximate surface area is 72.4 Å². The van der Waals surface area contributed by atoms with Crippen LogP contribution in [0.25, 0.3) is 0 Å². The van der Waals surface area contributed by atoms with Crippen LogP contribution in [-0.2, 0) is 4.79 Å². The van der Waals surface area contributed by atoms with Crippen LogP contribution in [-0.4, -0.2) is 17.7 Å². The largest absolute Gasteiger partial charge is 0.483 e. The lowest BCUT2D eigenvalue weighted by Crippen LogP contribution is -2.03. The number of carbonyl (C=O) groups is 1. The first-order valence-electron chi connectivity index (χ1n) is 3.27. The maximum atomic E-state index is 12.3. The van der Waals surface area contributed by atoms with Gasteiger partial charge in [0.2, 0.25) is 0 Å². The molecule has 0 spiro atoms. The van der Waals surface area contributed by atoms with Gasteiger partial charge in [-0.25, -0.2) is 4.39 Å². The van der Waals surface area contributed by atoms with E-state index in [1.165, 1.54) is 11.4 Å². The predicted octanol–water partition coefficient (Wildman–Crippen LogP) is 1.74. The molecule has 66 valence electrons. The maximum absolute atomic E-state index is 12.3. The van der Waals surface area contributed by atoms with Crippen molar-refractivity contribution in [2.24, 2.45) is 0 Å². The van der Waals surface area contributed by atoms with Crippen molar-refractivity contribution in [3.63, 3.8) is 0 Å². The van der Waals surface area contributed by atoms with Crippen LogP contribution >= 0.6 is 11.3 Å². The first-order chi connectivity index (χ1) is 5.68. The van der Waals surface area contributed by atoms with E-state index in [0.717, 1.165) is 11.3 Å². The fourth-order valence-corrected chi connectivity index (χ4v) is 1.24. The second-order valence-electron chi connectivity index (χ2n) is 2.08. The molecule has 0 unspecified atom stereocenters. The van der Waals surface area contributed by atoms with Crippen molar-refractivity contribution in [1.29, 1.82) is 0 Å². The highest BCUT2D eigenvalue weighted by atomic mass is 32.1. The van der Waals surface area contributed by atoms with Gasteiger partial charge in [0.05, 0.1) is 13.0 Å². The molecular weight excluding hydrogens is 183 g/mol. The van der Waals surface area contributed by atoms with Crippen LogP contribution in [0.1, 0.15) is 6.42 Å². The summed E-state index contributed by atoms with van der Waals surface area (Å²) in [6, 6.07) is 1.23. The summed E-state index contributed by atoms with van der Waals surface area (Å²) >= 11 is 1.11. The SMILES string of the molecule is O=C(O)CCOc1cc(F)cs1. The molecular formula is C7H7FO3S. The van der Waals surface area contributed by atoms with Gasteiger partial charge in [-0.2, -0.15) is 0 Å². The fourth-order valence-electron chi connectivity index (χ4n) is 0.610. The van der Waals surface area contributed by atoms with E-state index in [-0.39, 0.29) is 18.8 Å². The van der Waals surface area contributed by atoms with Crippen LogP contribution in [0.2, 0.25) is 0 Å². The van der Waals surface area contributed by atoms with Gasteiger partial charge in [-0.15, -0.1) is 11.3 Å². The van der Waals surface area contributed by atoms with E-state index < -0.39 is 5.97 Å². The van der Waals surface area contributed by atoms with Gasteiger partial charge in [-0.1, -0.05) is 0 Å². The van der Waals surface area contributed by atoms with Crippen LogP contribution in [0, 0.1) is 5.82 Å². The number of rotatable bonds is 4. The van der Waals surface area contributed by atoms with Crippen molar-refractivity contribution in [2.75, 3.05) is 6.61 Å². The Hall–Kier alpha value is -1.10. The summed E-state index contributed by atoms with van der Waals surface area (Å²) in [5, 5.41) is 9.96. The lowest BCUT2D eigenvalue weighted by atomic mass is 10.5. The molecule has 1 rings (SSSR count). The van der Waals surface area contributed by atoms with Gasteiger partial charge in [0.1, 0.15) is 5.82 Å². The van der Waals surface area contributed by atoms with Crippen molar-refractivity contribution in [3.05, 3.63) is 17.3 Å². The number of carboxylic acid groups (broad SMARTS) is 1. The van der Waals surface area contributed by atoms with Crippen LogP contribution in [0.3, 0.4) is 0 Å². The third kappa shape index (κ3) is 2.87. The summed E-state index contributed by atoms with van der Waals surface area (Å²) in [4.78, 5) is 10.0. The first-order valence-corrected chi connectivity index (χ1v) is 4.15.